The molecule has 1 aromatic heterocycles. The lowest BCUT2D eigenvalue weighted by atomic mass is 9.98. The van der Waals surface area contributed by atoms with Crippen LogP contribution in [0.15, 0.2) is 53.8 Å². The van der Waals surface area contributed by atoms with Gasteiger partial charge in [0.05, 0.1) is 30.1 Å². The number of alkyl halides is 6. The molecular weight excluding hydrogens is 672 g/mol. The number of aromatic nitrogens is 1. The van der Waals surface area contributed by atoms with E-state index in [0.717, 1.165) is 16.5 Å². The average Bonchev–Trinajstić information content (AvgIpc) is 3.48. The Labute approximate surface area is 285 Å². The van der Waals surface area contributed by atoms with Gasteiger partial charge < -0.3 is 28.9 Å². The van der Waals surface area contributed by atoms with Gasteiger partial charge in [-0.2, -0.15) is 26.3 Å². The minimum absolute atomic E-state index is 0.0232. The van der Waals surface area contributed by atoms with Crippen LogP contribution in [0.5, 0.6) is 0 Å². The van der Waals surface area contributed by atoms with Crippen molar-refractivity contribution >= 4 is 22.5 Å². The van der Waals surface area contributed by atoms with Crippen molar-refractivity contribution in [1.29, 1.82) is 0 Å². The number of hydrogen-bond donors (Lipinski definition) is 1. The Morgan fingerprint density at radius 3 is 2.42 bits per heavy atom. The standard InChI is InChI=1S/C34H41F6N5O5/c1-22(42-50-12-11-45-30(47-3)20-49-21-32(45,2)48-4)18-43-9-10-44(27(19-43)15-24-17-41-29-8-6-5-7-28(24)29)31(46)23-13-25(33(35,36)37)16-26(14-23)34(38,39)40/h5-8,13-14,16-17,27,30,41H,9-12,15,18-21H2,1-4H3/t27-,30+,32-/m1/s1. The lowest BCUT2D eigenvalue weighted by Gasteiger charge is -2.46. The molecule has 16 heteroatoms. The van der Waals surface area contributed by atoms with E-state index in [1.165, 1.54) is 4.90 Å². The van der Waals surface area contributed by atoms with Crippen LogP contribution in [0, 0.1) is 0 Å². The van der Waals surface area contributed by atoms with Crippen LogP contribution in [0.1, 0.15) is 40.9 Å². The van der Waals surface area contributed by atoms with Crippen molar-refractivity contribution in [2.75, 3.05) is 66.8 Å². The molecule has 1 N–H and O–H groups in total. The Balaban J connectivity index is 1.32. The summed E-state index contributed by atoms with van der Waals surface area (Å²) in [6.45, 7) is 6.14. The molecule has 5 rings (SSSR count). The van der Waals surface area contributed by atoms with Crippen LogP contribution in [0.2, 0.25) is 0 Å². The summed E-state index contributed by atoms with van der Waals surface area (Å²) in [5, 5.41) is 5.18. The van der Waals surface area contributed by atoms with Gasteiger partial charge in [0.15, 0.2) is 0 Å². The minimum Gasteiger partial charge on any atom is -0.394 e. The lowest BCUT2D eigenvalue weighted by molar-refractivity contribution is -0.267. The number of piperazine rings is 1. The summed E-state index contributed by atoms with van der Waals surface area (Å²) in [4.78, 5) is 28.0. The number of carbonyl (C=O) groups excluding carboxylic acids is 1. The predicted octanol–water partition coefficient (Wildman–Crippen LogP) is 5.63. The van der Waals surface area contributed by atoms with E-state index < -0.39 is 46.7 Å². The molecule has 0 aliphatic carbocycles. The Morgan fingerprint density at radius 2 is 1.76 bits per heavy atom. The van der Waals surface area contributed by atoms with Crippen LogP contribution in [-0.4, -0.2) is 116 Å². The first kappa shape index (κ1) is 37.6. The molecule has 3 atom stereocenters. The van der Waals surface area contributed by atoms with Crippen molar-refractivity contribution in [2.24, 2.45) is 5.16 Å². The number of amides is 1. The number of halogens is 6. The summed E-state index contributed by atoms with van der Waals surface area (Å²) in [6, 6.07) is 7.95. The summed E-state index contributed by atoms with van der Waals surface area (Å²) in [6.07, 6.45) is -8.37. The molecule has 0 saturated carbocycles. The van der Waals surface area contributed by atoms with Crippen molar-refractivity contribution in [1.82, 2.24) is 19.7 Å². The van der Waals surface area contributed by atoms with Crippen LogP contribution in [0.3, 0.4) is 0 Å². The number of methoxy groups -OCH3 is 2. The third-order valence-electron chi connectivity index (χ3n) is 9.19. The van der Waals surface area contributed by atoms with Crippen molar-refractivity contribution in [3.8, 4) is 0 Å². The van der Waals surface area contributed by atoms with Gasteiger partial charge in [0.25, 0.3) is 5.91 Å². The van der Waals surface area contributed by atoms with Crippen molar-refractivity contribution in [2.45, 2.75) is 50.6 Å². The van der Waals surface area contributed by atoms with Crippen LogP contribution in [0.25, 0.3) is 10.9 Å². The number of carbonyl (C=O) groups is 1. The van der Waals surface area contributed by atoms with Gasteiger partial charge in [0.1, 0.15) is 18.6 Å². The Morgan fingerprint density at radius 1 is 1.06 bits per heavy atom. The number of oxime groups is 1. The van der Waals surface area contributed by atoms with Gasteiger partial charge >= 0.3 is 12.4 Å². The number of ether oxygens (including phenoxy) is 3. The van der Waals surface area contributed by atoms with E-state index in [0.29, 0.717) is 63.7 Å². The number of morpholine rings is 1. The molecule has 2 aromatic carbocycles. The molecule has 3 aromatic rings. The molecule has 2 fully saturated rings. The summed E-state index contributed by atoms with van der Waals surface area (Å²) in [5.41, 5.74) is -2.08. The number of aromatic amines is 1. The Kier molecular flexibility index (Phi) is 11.5. The summed E-state index contributed by atoms with van der Waals surface area (Å²) in [7, 11) is 3.18. The molecule has 50 heavy (non-hydrogen) atoms. The Hall–Kier alpha value is -3.70. The average molecular weight is 714 g/mol. The van der Waals surface area contributed by atoms with Gasteiger partial charge in [-0.05, 0) is 50.1 Å². The molecular formula is C34H41F6N5O5. The van der Waals surface area contributed by atoms with E-state index in [-0.39, 0.29) is 25.4 Å². The molecule has 274 valence electrons. The molecule has 0 radical (unpaired) electrons. The van der Waals surface area contributed by atoms with Crippen LogP contribution < -0.4 is 0 Å². The van der Waals surface area contributed by atoms with Crippen molar-refractivity contribution in [3.63, 3.8) is 0 Å². The first-order chi connectivity index (χ1) is 23.6. The third-order valence-corrected chi connectivity index (χ3v) is 9.19. The van der Waals surface area contributed by atoms with E-state index >= 15 is 0 Å². The molecule has 10 nitrogen and oxygen atoms in total. The monoisotopic (exact) mass is 713 g/mol. The van der Waals surface area contributed by atoms with E-state index in [4.69, 9.17) is 19.0 Å². The van der Waals surface area contributed by atoms with Gasteiger partial charge in [-0.3, -0.25) is 9.69 Å². The second kappa shape index (κ2) is 15.3. The number of H-pyrrole nitrogens is 1. The maximum absolute atomic E-state index is 13.8. The topological polar surface area (TPSA) is 91.9 Å². The van der Waals surface area contributed by atoms with Gasteiger partial charge in [-0.1, -0.05) is 23.4 Å². The maximum Gasteiger partial charge on any atom is 0.416 e. The van der Waals surface area contributed by atoms with Crippen molar-refractivity contribution < 1.29 is 50.2 Å². The summed E-state index contributed by atoms with van der Waals surface area (Å²) >= 11 is 0. The number of nitrogens with zero attached hydrogens (tertiary/aromatic N) is 4. The molecule has 2 aliphatic heterocycles. The molecule has 0 spiro atoms. The number of nitrogens with one attached hydrogen (secondary N) is 1. The van der Waals surface area contributed by atoms with Gasteiger partial charge in [-0.25, -0.2) is 4.90 Å². The SMILES string of the molecule is CO[C@H]1COC[C@@](C)(OC)N1CCON=C(C)CN1CCN(C(=O)c2cc(C(F)(F)F)cc(C(F)(F)F)c2)[C@H](Cc2c[nH]c3ccccc23)C1. The van der Waals surface area contributed by atoms with E-state index in [9.17, 15) is 31.1 Å². The smallest absolute Gasteiger partial charge is 0.394 e. The van der Waals surface area contributed by atoms with Crippen molar-refractivity contribution in [3.05, 3.63) is 70.9 Å². The number of rotatable bonds is 11. The second-order valence-electron chi connectivity index (χ2n) is 12.7. The second-order valence-corrected chi connectivity index (χ2v) is 12.7. The first-order valence-corrected chi connectivity index (χ1v) is 16.1. The quantitative estimate of drug-likeness (QED) is 0.119. The maximum atomic E-state index is 13.8. The number of hydrogen-bond acceptors (Lipinski definition) is 8. The highest BCUT2D eigenvalue weighted by molar-refractivity contribution is 5.95. The predicted molar refractivity (Wildman–Crippen MR) is 173 cm³/mol. The molecule has 0 unspecified atom stereocenters. The first-order valence-electron chi connectivity index (χ1n) is 16.1. The zero-order chi connectivity index (χ0) is 36.3. The molecule has 2 aliphatic rings. The zero-order valence-corrected chi connectivity index (χ0v) is 28.2. The van der Waals surface area contributed by atoms with Gasteiger partial charge in [-0.15, -0.1) is 0 Å². The number of fused-ring (bicyclic) bond motifs is 1. The van der Waals surface area contributed by atoms with Gasteiger partial charge in [0.2, 0.25) is 0 Å². The highest BCUT2D eigenvalue weighted by Gasteiger charge is 2.42. The fraction of sp³-hybridized carbons (Fsp3) is 0.529. The van der Waals surface area contributed by atoms with E-state index in [1.807, 2.05) is 41.0 Å². The Bertz CT molecular complexity index is 1630. The minimum atomic E-state index is -5.07. The third kappa shape index (κ3) is 8.60. The van der Waals surface area contributed by atoms with E-state index in [1.54, 1.807) is 27.3 Å². The van der Waals surface area contributed by atoms with Crippen LogP contribution >= 0.6 is 0 Å². The highest BCUT2D eigenvalue weighted by Crippen LogP contribution is 2.37. The van der Waals surface area contributed by atoms with Gasteiger partial charge in [0, 0.05) is 75.6 Å². The summed E-state index contributed by atoms with van der Waals surface area (Å²) < 4.78 is 98.6. The normalized spacial score (nSPS) is 23.1. The number of para-hydroxylation sites is 1. The number of benzene rings is 2. The molecule has 0 bridgehead atoms. The fourth-order valence-electron chi connectivity index (χ4n) is 6.53. The van der Waals surface area contributed by atoms with E-state index in [2.05, 4.69) is 10.1 Å². The molecule has 2 saturated heterocycles. The molecule has 1 amide bonds. The van der Waals surface area contributed by atoms with Crippen LogP contribution in [0.4, 0.5) is 26.3 Å². The fourth-order valence-corrected chi connectivity index (χ4v) is 6.53. The molecule has 3 heterocycles. The lowest BCUT2D eigenvalue weighted by Crippen LogP contribution is -2.62. The summed E-state index contributed by atoms with van der Waals surface area (Å²) in [5.74, 6) is -0.902. The van der Waals surface area contributed by atoms with Crippen LogP contribution in [-0.2, 0) is 37.8 Å². The highest BCUT2D eigenvalue weighted by atomic mass is 19.4. The zero-order valence-electron chi connectivity index (χ0n) is 28.2. The largest absolute Gasteiger partial charge is 0.416 e.